The first kappa shape index (κ1) is 12.8. The van der Waals surface area contributed by atoms with E-state index in [9.17, 15) is 4.79 Å². The second kappa shape index (κ2) is 5.82. The van der Waals surface area contributed by atoms with Gasteiger partial charge in [-0.15, -0.1) is 0 Å². The molecule has 94 valence electrons. The molecule has 0 fully saturated rings. The Hall–Kier alpha value is -1.62. The average molecular weight is 309 g/mol. The van der Waals surface area contributed by atoms with Crippen molar-refractivity contribution in [1.82, 2.24) is 9.97 Å². The molecule has 0 aliphatic heterocycles. The lowest BCUT2D eigenvalue weighted by Gasteiger charge is -1.99. The number of benzene rings is 1. The number of carbonyl (C=O) groups is 1. The molecule has 18 heavy (non-hydrogen) atoms. The Morgan fingerprint density at radius 1 is 1.39 bits per heavy atom. The predicted octanol–water partition coefficient (Wildman–Crippen LogP) is 2.94. The van der Waals surface area contributed by atoms with Gasteiger partial charge in [0, 0.05) is 10.9 Å². The van der Waals surface area contributed by atoms with Crippen LogP contribution in [0.1, 0.15) is 28.8 Å². The molecule has 0 saturated carbocycles. The monoisotopic (exact) mass is 308 g/mol. The van der Waals surface area contributed by atoms with E-state index in [-0.39, 0.29) is 5.97 Å². The largest absolute Gasteiger partial charge is 0.461 e. The molecular formula is C13H13BrN2O2. The second-order valence-electron chi connectivity index (χ2n) is 3.77. The van der Waals surface area contributed by atoms with Crippen molar-refractivity contribution in [3.63, 3.8) is 0 Å². The molecule has 0 unspecified atom stereocenters. The van der Waals surface area contributed by atoms with Crippen molar-refractivity contribution in [2.45, 2.75) is 13.3 Å². The molecule has 0 spiro atoms. The number of ether oxygens (including phenoxy) is 1. The number of aromatic nitrogens is 2. The number of carbonyl (C=O) groups excluding carboxylic acids is 1. The molecule has 2 rings (SSSR count). The van der Waals surface area contributed by atoms with Gasteiger partial charge in [-0.2, -0.15) is 0 Å². The zero-order chi connectivity index (χ0) is 13.0. The highest BCUT2D eigenvalue weighted by Crippen LogP contribution is 2.13. The molecule has 1 N–H and O–H groups in total. The van der Waals surface area contributed by atoms with Gasteiger partial charge in [0.2, 0.25) is 0 Å². The third kappa shape index (κ3) is 3.20. The number of H-pyrrole nitrogens is 1. The maximum atomic E-state index is 11.5. The summed E-state index contributed by atoms with van der Waals surface area (Å²) in [6, 6.07) is 7.97. The highest BCUT2D eigenvalue weighted by atomic mass is 79.9. The highest BCUT2D eigenvalue weighted by Gasteiger charge is 2.10. The quantitative estimate of drug-likeness (QED) is 0.884. The molecule has 0 atom stereocenters. The van der Waals surface area contributed by atoms with Crippen LogP contribution in [-0.2, 0) is 11.2 Å². The smallest absolute Gasteiger partial charge is 0.356 e. The summed E-state index contributed by atoms with van der Waals surface area (Å²) in [5, 5.41) is 0. The molecule has 4 nitrogen and oxygen atoms in total. The standard InChI is InChI=1S/C13H13BrN2O2/c1-2-18-13(17)11-8-15-12(16-11)7-9-3-5-10(14)6-4-9/h3-6,8H,2,7H2,1H3,(H,15,16). The van der Waals surface area contributed by atoms with E-state index in [2.05, 4.69) is 25.9 Å². The summed E-state index contributed by atoms with van der Waals surface area (Å²) in [5.41, 5.74) is 1.52. The fourth-order valence-corrected chi connectivity index (χ4v) is 1.82. The zero-order valence-corrected chi connectivity index (χ0v) is 11.5. The van der Waals surface area contributed by atoms with Crippen LogP contribution in [0.15, 0.2) is 34.9 Å². The van der Waals surface area contributed by atoms with Crippen molar-refractivity contribution < 1.29 is 9.53 Å². The van der Waals surface area contributed by atoms with Gasteiger partial charge in [-0.25, -0.2) is 9.78 Å². The van der Waals surface area contributed by atoms with Crippen molar-refractivity contribution in [1.29, 1.82) is 0 Å². The lowest BCUT2D eigenvalue weighted by Crippen LogP contribution is -2.05. The number of nitrogens with zero attached hydrogens (tertiary/aromatic N) is 1. The van der Waals surface area contributed by atoms with Gasteiger partial charge in [0.05, 0.1) is 12.8 Å². The first-order valence-corrected chi connectivity index (χ1v) is 6.43. The highest BCUT2D eigenvalue weighted by molar-refractivity contribution is 9.10. The lowest BCUT2D eigenvalue weighted by molar-refractivity contribution is 0.0520. The second-order valence-corrected chi connectivity index (χ2v) is 4.68. The Balaban J connectivity index is 2.06. The summed E-state index contributed by atoms with van der Waals surface area (Å²) in [6.07, 6.45) is 2.17. The van der Waals surface area contributed by atoms with E-state index < -0.39 is 0 Å². The van der Waals surface area contributed by atoms with Crippen LogP contribution in [-0.4, -0.2) is 22.5 Å². The van der Waals surface area contributed by atoms with Crippen molar-refractivity contribution in [2.24, 2.45) is 0 Å². The molecule has 1 aromatic heterocycles. The van der Waals surface area contributed by atoms with Crippen LogP contribution in [0.4, 0.5) is 0 Å². The van der Waals surface area contributed by atoms with E-state index in [1.54, 1.807) is 6.92 Å². The molecule has 0 bridgehead atoms. The van der Waals surface area contributed by atoms with E-state index in [0.717, 1.165) is 15.9 Å². The van der Waals surface area contributed by atoms with Crippen LogP contribution in [0.3, 0.4) is 0 Å². The number of hydrogen-bond donors (Lipinski definition) is 1. The topological polar surface area (TPSA) is 55.0 Å². The number of imidazole rings is 1. The van der Waals surface area contributed by atoms with Gasteiger partial charge in [-0.05, 0) is 24.6 Å². The Morgan fingerprint density at radius 2 is 2.11 bits per heavy atom. The molecule has 2 aromatic rings. The molecule has 0 amide bonds. The molecule has 0 radical (unpaired) electrons. The molecule has 0 aliphatic carbocycles. The van der Waals surface area contributed by atoms with E-state index in [1.165, 1.54) is 6.20 Å². The van der Waals surface area contributed by atoms with Gasteiger partial charge in [-0.3, -0.25) is 0 Å². The number of rotatable bonds is 4. The lowest BCUT2D eigenvalue weighted by atomic mass is 10.1. The van der Waals surface area contributed by atoms with Crippen LogP contribution in [0.2, 0.25) is 0 Å². The van der Waals surface area contributed by atoms with Crippen LogP contribution >= 0.6 is 15.9 Å². The number of aromatic amines is 1. The van der Waals surface area contributed by atoms with E-state index >= 15 is 0 Å². The summed E-state index contributed by atoms with van der Waals surface area (Å²) in [7, 11) is 0. The fourth-order valence-electron chi connectivity index (χ4n) is 1.56. The summed E-state index contributed by atoms with van der Waals surface area (Å²) in [6.45, 7) is 2.14. The Labute approximate surface area is 114 Å². The minimum absolute atomic E-state index is 0.361. The molecule has 0 saturated heterocycles. The molecule has 1 heterocycles. The van der Waals surface area contributed by atoms with Crippen LogP contribution in [0, 0.1) is 0 Å². The summed E-state index contributed by atoms with van der Waals surface area (Å²) >= 11 is 3.39. The van der Waals surface area contributed by atoms with Crippen LogP contribution < -0.4 is 0 Å². The zero-order valence-electron chi connectivity index (χ0n) is 9.94. The Morgan fingerprint density at radius 3 is 2.78 bits per heavy atom. The van der Waals surface area contributed by atoms with Crippen molar-refractivity contribution in [3.8, 4) is 0 Å². The SMILES string of the molecule is CCOC(=O)c1cnc(Cc2ccc(Br)cc2)[nH]1. The summed E-state index contributed by atoms with van der Waals surface area (Å²) in [5.74, 6) is 0.382. The maximum Gasteiger partial charge on any atom is 0.356 e. The van der Waals surface area contributed by atoms with E-state index in [0.29, 0.717) is 18.7 Å². The number of nitrogens with one attached hydrogen (secondary N) is 1. The number of halogens is 1. The van der Waals surface area contributed by atoms with Crippen LogP contribution in [0.25, 0.3) is 0 Å². The Kier molecular flexibility index (Phi) is 4.15. The fraction of sp³-hybridized carbons (Fsp3) is 0.231. The molecule has 0 aliphatic rings. The van der Waals surface area contributed by atoms with Crippen molar-refractivity contribution >= 4 is 21.9 Å². The minimum atomic E-state index is -0.368. The van der Waals surface area contributed by atoms with Gasteiger partial charge in [0.15, 0.2) is 0 Å². The first-order chi connectivity index (χ1) is 8.69. The number of hydrogen-bond acceptors (Lipinski definition) is 3. The van der Waals surface area contributed by atoms with Crippen molar-refractivity contribution in [3.05, 3.63) is 52.0 Å². The summed E-state index contributed by atoms with van der Waals surface area (Å²) < 4.78 is 5.93. The molecule has 5 heteroatoms. The first-order valence-electron chi connectivity index (χ1n) is 5.64. The normalized spacial score (nSPS) is 10.3. The van der Waals surface area contributed by atoms with Gasteiger partial charge < -0.3 is 9.72 Å². The predicted molar refractivity (Wildman–Crippen MR) is 71.5 cm³/mol. The minimum Gasteiger partial charge on any atom is -0.461 e. The third-order valence-electron chi connectivity index (χ3n) is 2.41. The van der Waals surface area contributed by atoms with Gasteiger partial charge in [-0.1, -0.05) is 28.1 Å². The van der Waals surface area contributed by atoms with Gasteiger partial charge in [0.1, 0.15) is 11.5 Å². The van der Waals surface area contributed by atoms with Gasteiger partial charge >= 0.3 is 5.97 Å². The maximum absolute atomic E-state index is 11.5. The third-order valence-corrected chi connectivity index (χ3v) is 2.94. The number of esters is 1. The average Bonchev–Trinajstić information content (AvgIpc) is 2.81. The molecular weight excluding hydrogens is 296 g/mol. The van der Waals surface area contributed by atoms with Crippen molar-refractivity contribution in [2.75, 3.05) is 6.61 Å². The van der Waals surface area contributed by atoms with E-state index in [1.807, 2.05) is 24.3 Å². The van der Waals surface area contributed by atoms with Gasteiger partial charge in [0.25, 0.3) is 0 Å². The van der Waals surface area contributed by atoms with E-state index in [4.69, 9.17) is 4.74 Å². The molecule has 1 aromatic carbocycles. The van der Waals surface area contributed by atoms with Crippen LogP contribution in [0.5, 0.6) is 0 Å². The Bertz CT molecular complexity index is 534. The summed E-state index contributed by atoms with van der Waals surface area (Å²) in [4.78, 5) is 18.6.